The fourth-order valence-corrected chi connectivity index (χ4v) is 2.04. The maximum Gasteiger partial charge on any atom is 0.278 e. The van der Waals surface area contributed by atoms with Crippen molar-refractivity contribution in [3.05, 3.63) is 52.8 Å². The first-order valence-corrected chi connectivity index (χ1v) is 5.41. The van der Waals surface area contributed by atoms with Gasteiger partial charge in [-0.15, -0.1) is 0 Å². The number of hydrogen-bond acceptors (Lipinski definition) is 3. The predicted molar refractivity (Wildman–Crippen MR) is 66.7 cm³/mol. The van der Waals surface area contributed by atoms with Gasteiger partial charge in [-0.25, -0.2) is 0 Å². The van der Waals surface area contributed by atoms with Crippen LogP contribution in [0.25, 0.3) is 16.7 Å². The third-order valence-electron chi connectivity index (χ3n) is 2.85. The molecule has 0 bridgehead atoms. The van der Waals surface area contributed by atoms with E-state index >= 15 is 0 Å². The molecule has 0 N–H and O–H groups in total. The summed E-state index contributed by atoms with van der Waals surface area (Å²) in [4.78, 5) is 10.6. The van der Waals surface area contributed by atoms with Crippen molar-refractivity contribution in [3.8, 4) is 5.82 Å². The van der Waals surface area contributed by atoms with Crippen LogP contribution in [0.5, 0.6) is 0 Å². The van der Waals surface area contributed by atoms with Crippen molar-refractivity contribution in [2.45, 2.75) is 0 Å². The lowest BCUT2D eigenvalue weighted by molar-refractivity contribution is -0.383. The number of hydrogen-bond donors (Lipinski definition) is 0. The second kappa shape index (κ2) is 3.69. The van der Waals surface area contributed by atoms with Gasteiger partial charge in [-0.2, -0.15) is 5.10 Å². The standard InChI is InChI=1S/C12H10N4O2/c1-14-7-6-12(13-14)15-8-5-9-10(15)3-2-4-11(9)16(17)18/h2-8H,1H3. The first-order chi connectivity index (χ1) is 8.66. The molecule has 90 valence electrons. The Hall–Kier alpha value is -2.63. The zero-order chi connectivity index (χ0) is 12.7. The number of nitro groups is 1. The number of nitro benzene ring substituents is 1. The second-order valence-electron chi connectivity index (χ2n) is 4.00. The number of aromatic nitrogens is 3. The molecule has 2 heterocycles. The van der Waals surface area contributed by atoms with Crippen molar-refractivity contribution in [1.29, 1.82) is 0 Å². The average Bonchev–Trinajstić information content (AvgIpc) is 2.93. The minimum absolute atomic E-state index is 0.113. The van der Waals surface area contributed by atoms with Gasteiger partial charge in [0.1, 0.15) is 0 Å². The van der Waals surface area contributed by atoms with Gasteiger partial charge in [-0.05, 0) is 12.1 Å². The molecule has 3 aromatic rings. The summed E-state index contributed by atoms with van der Waals surface area (Å²) in [5.74, 6) is 0.744. The van der Waals surface area contributed by atoms with Gasteiger partial charge in [-0.1, -0.05) is 6.07 Å². The molecule has 0 aliphatic heterocycles. The summed E-state index contributed by atoms with van der Waals surface area (Å²) in [7, 11) is 1.83. The zero-order valence-corrected chi connectivity index (χ0v) is 9.65. The van der Waals surface area contributed by atoms with E-state index in [1.54, 1.807) is 23.0 Å². The fraction of sp³-hybridized carbons (Fsp3) is 0.0833. The highest BCUT2D eigenvalue weighted by molar-refractivity contribution is 5.90. The predicted octanol–water partition coefficient (Wildman–Crippen LogP) is 2.27. The molecule has 2 aromatic heterocycles. The minimum Gasteiger partial charge on any atom is -0.299 e. The maximum absolute atomic E-state index is 10.9. The summed E-state index contributed by atoms with van der Waals surface area (Å²) < 4.78 is 3.53. The molecule has 0 aliphatic rings. The first-order valence-electron chi connectivity index (χ1n) is 5.41. The van der Waals surface area contributed by atoms with E-state index in [1.807, 2.05) is 29.9 Å². The molecule has 0 spiro atoms. The summed E-state index contributed by atoms with van der Waals surface area (Å²) >= 11 is 0. The highest BCUT2D eigenvalue weighted by Crippen LogP contribution is 2.27. The highest BCUT2D eigenvalue weighted by atomic mass is 16.6. The molecule has 0 unspecified atom stereocenters. The number of aryl methyl sites for hydroxylation is 1. The third kappa shape index (κ3) is 1.46. The van der Waals surface area contributed by atoms with Crippen LogP contribution < -0.4 is 0 Å². The van der Waals surface area contributed by atoms with Gasteiger partial charge in [0.15, 0.2) is 5.82 Å². The molecule has 3 rings (SSSR count). The van der Waals surface area contributed by atoms with Gasteiger partial charge in [-0.3, -0.25) is 19.4 Å². The van der Waals surface area contributed by atoms with Crippen LogP contribution in [0.3, 0.4) is 0 Å². The lowest BCUT2D eigenvalue weighted by atomic mass is 10.2. The lowest BCUT2D eigenvalue weighted by Gasteiger charge is -2.00. The van der Waals surface area contributed by atoms with Crippen LogP contribution in [0.4, 0.5) is 5.69 Å². The Labute approximate surface area is 102 Å². The molecule has 6 nitrogen and oxygen atoms in total. The Morgan fingerprint density at radius 2 is 2.06 bits per heavy atom. The lowest BCUT2D eigenvalue weighted by Crippen LogP contribution is -1.96. The topological polar surface area (TPSA) is 65.9 Å². The summed E-state index contributed by atoms with van der Waals surface area (Å²) in [6.07, 6.45) is 3.62. The van der Waals surface area contributed by atoms with Crippen LogP contribution in [0.2, 0.25) is 0 Å². The molecule has 0 fully saturated rings. The zero-order valence-electron chi connectivity index (χ0n) is 9.65. The van der Waals surface area contributed by atoms with E-state index in [-0.39, 0.29) is 10.6 Å². The Bertz CT molecular complexity index is 741. The summed E-state index contributed by atoms with van der Waals surface area (Å²) in [6, 6.07) is 8.63. The third-order valence-corrected chi connectivity index (χ3v) is 2.85. The van der Waals surface area contributed by atoms with Crippen molar-refractivity contribution in [1.82, 2.24) is 14.3 Å². The van der Waals surface area contributed by atoms with E-state index in [2.05, 4.69) is 5.10 Å². The number of non-ortho nitro benzene ring substituents is 1. The van der Waals surface area contributed by atoms with Crippen molar-refractivity contribution in [2.24, 2.45) is 7.05 Å². The SMILES string of the molecule is Cn1ccc(-n2ccc3c([N+](=O)[O-])cccc32)n1. The molecule has 0 saturated heterocycles. The Balaban J connectivity index is 2.27. The van der Waals surface area contributed by atoms with Crippen LogP contribution in [0.15, 0.2) is 42.7 Å². The first kappa shape index (κ1) is 10.5. The maximum atomic E-state index is 10.9. The van der Waals surface area contributed by atoms with Gasteiger partial charge in [0.2, 0.25) is 0 Å². The van der Waals surface area contributed by atoms with Crippen LogP contribution >= 0.6 is 0 Å². The summed E-state index contributed by atoms with van der Waals surface area (Å²) in [5, 5.41) is 15.8. The summed E-state index contributed by atoms with van der Waals surface area (Å²) in [5.41, 5.74) is 0.894. The number of rotatable bonds is 2. The van der Waals surface area contributed by atoms with E-state index in [4.69, 9.17) is 0 Å². The van der Waals surface area contributed by atoms with Gasteiger partial charge in [0.05, 0.1) is 15.8 Å². The Morgan fingerprint density at radius 3 is 2.72 bits per heavy atom. The fourth-order valence-electron chi connectivity index (χ4n) is 2.04. The minimum atomic E-state index is -0.370. The van der Waals surface area contributed by atoms with Gasteiger partial charge >= 0.3 is 0 Å². The van der Waals surface area contributed by atoms with E-state index in [0.29, 0.717) is 5.39 Å². The molecule has 18 heavy (non-hydrogen) atoms. The molecule has 0 radical (unpaired) electrons. The average molecular weight is 242 g/mol. The van der Waals surface area contributed by atoms with Crippen LogP contribution in [-0.4, -0.2) is 19.3 Å². The molecule has 1 aromatic carbocycles. The normalized spacial score (nSPS) is 10.9. The van der Waals surface area contributed by atoms with Crippen molar-refractivity contribution in [2.75, 3.05) is 0 Å². The van der Waals surface area contributed by atoms with Crippen LogP contribution in [0, 0.1) is 10.1 Å². The molecule has 0 atom stereocenters. The largest absolute Gasteiger partial charge is 0.299 e. The van der Waals surface area contributed by atoms with Crippen molar-refractivity contribution in [3.63, 3.8) is 0 Å². The molecule has 0 amide bonds. The van der Waals surface area contributed by atoms with E-state index in [9.17, 15) is 10.1 Å². The van der Waals surface area contributed by atoms with Crippen LogP contribution in [0.1, 0.15) is 0 Å². The van der Waals surface area contributed by atoms with E-state index in [0.717, 1.165) is 11.3 Å². The van der Waals surface area contributed by atoms with E-state index < -0.39 is 0 Å². The van der Waals surface area contributed by atoms with Gasteiger partial charge in [0.25, 0.3) is 5.69 Å². The van der Waals surface area contributed by atoms with E-state index in [1.165, 1.54) is 6.07 Å². The molecule has 0 saturated carbocycles. The van der Waals surface area contributed by atoms with Gasteiger partial charge in [0, 0.05) is 31.6 Å². The number of benzene rings is 1. The summed E-state index contributed by atoms with van der Waals surface area (Å²) in [6.45, 7) is 0. The van der Waals surface area contributed by atoms with Gasteiger partial charge < -0.3 is 0 Å². The Morgan fingerprint density at radius 1 is 1.22 bits per heavy atom. The van der Waals surface area contributed by atoms with Crippen LogP contribution in [-0.2, 0) is 7.05 Å². The smallest absolute Gasteiger partial charge is 0.278 e. The number of fused-ring (bicyclic) bond motifs is 1. The monoisotopic (exact) mass is 242 g/mol. The molecular weight excluding hydrogens is 232 g/mol. The number of nitrogens with zero attached hydrogens (tertiary/aromatic N) is 4. The molecular formula is C12H10N4O2. The quantitative estimate of drug-likeness (QED) is 0.511. The van der Waals surface area contributed by atoms with Crippen molar-refractivity contribution < 1.29 is 4.92 Å². The molecule has 6 heteroatoms. The Kier molecular flexibility index (Phi) is 2.16. The van der Waals surface area contributed by atoms with Crippen molar-refractivity contribution >= 4 is 16.6 Å². The molecule has 0 aliphatic carbocycles. The highest BCUT2D eigenvalue weighted by Gasteiger charge is 2.14. The second-order valence-corrected chi connectivity index (χ2v) is 4.00.